The van der Waals surface area contributed by atoms with E-state index in [1.165, 1.54) is 25.7 Å². The minimum absolute atomic E-state index is 0.129. The minimum Gasteiger partial charge on any atom is -0.382 e. The molecule has 4 heteroatoms. The highest BCUT2D eigenvalue weighted by Crippen LogP contribution is 2.44. The van der Waals surface area contributed by atoms with Gasteiger partial charge in [-0.25, -0.2) is 0 Å². The molecule has 0 aromatic heterocycles. The minimum atomic E-state index is 0.129. The molecule has 0 aliphatic heterocycles. The summed E-state index contributed by atoms with van der Waals surface area (Å²) in [6, 6.07) is 0. The summed E-state index contributed by atoms with van der Waals surface area (Å²) in [5.74, 6) is 2.07. The first-order valence-electron chi connectivity index (χ1n) is 6.97. The Bertz CT molecular complexity index is 202. The first-order valence-corrected chi connectivity index (χ1v) is 8.04. The van der Waals surface area contributed by atoms with E-state index in [0.717, 1.165) is 19.4 Å². The molecule has 0 aromatic carbocycles. The molecule has 2 nitrogen and oxygen atoms in total. The lowest BCUT2D eigenvalue weighted by molar-refractivity contribution is 0.0619. The third-order valence-corrected chi connectivity index (χ3v) is 5.21. The topological polar surface area (TPSA) is 18.5 Å². The SMILES string of the molecule is COCCOCCCC(CCl)(CCl)C1CCCC1. The molecule has 0 amide bonds. The van der Waals surface area contributed by atoms with Gasteiger partial charge in [0.05, 0.1) is 13.2 Å². The fraction of sp³-hybridized carbons (Fsp3) is 1.00. The number of hydrogen-bond acceptors (Lipinski definition) is 2. The monoisotopic (exact) mass is 296 g/mol. The molecule has 0 bridgehead atoms. The van der Waals surface area contributed by atoms with Gasteiger partial charge in [0, 0.05) is 30.9 Å². The molecule has 108 valence electrons. The van der Waals surface area contributed by atoms with E-state index in [-0.39, 0.29) is 5.41 Å². The van der Waals surface area contributed by atoms with Gasteiger partial charge < -0.3 is 9.47 Å². The Morgan fingerprint density at radius 1 is 1.06 bits per heavy atom. The second-order valence-corrected chi connectivity index (χ2v) is 5.85. The lowest BCUT2D eigenvalue weighted by atomic mass is 9.74. The Labute approximate surface area is 121 Å². The van der Waals surface area contributed by atoms with Gasteiger partial charge in [0.25, 0.3) is 0 Å². The van der Waals surface area contributed by atoms with Crippen LogP contribution in [0.15, 0.2) is 0 Å². The second-order valence-electron chi connectivity index (χ2n) is 5.32. The van der Waals surface area contributed by atoms with Crippen molar-refractivity contribution in [3.63, 3.8) is 0 Å². The van der Waals surface area contributed by atoms with Crippen molar-refractivity contribution in [1.29, 1.82) is 0 Å². The average molecular weight is 297 g/mol. The summed E-state index contributed by atoms with van der Waals surface area (Å²) >= 11 is 12.4. The van der Waals surface area contributed by atoms with Crippen LogP contribution in [0.25, 0.3) is 0 Å². The molecule has 0 atom stereocenters. The number of alkyl halides is 2. The van der Waals surface area contributed by atoms with E-state index in [9.17, 15) is 0 Å². The molecule has 1 fully saturated rings. The van der Waals surface area contributed by atoms with Crippen molar-refractivity contribution in [3.8, 4) is 0 Å². The lowest BCUT2D eigenvalue weighted by Crippen LogP contribution is -2.33. The van der Waals surface area contributed by atoms with Crippen LogP contribution in [0.5, 0.6) is 0 Å². The molecule has 0 unspecified atom stereocenters. The number of hydrogen-bond donors (Lipinski definition) is 0. The van der Waals surface area contributed by atoms with E-state index in [4.69, 9.17) is 32.7 Å². The summed E-state index contributed by atoms with van der Waals surface area (Å²) in [4.78, 5) is 0. The van der Waals surface area contributed by atoms with Crippen LogP contribution in [0.3, 0.4) is 0 Å². The fourth-order valence-corrected chi connectivity index (χ4v) is 3.89. The molecule has 0 aromatic rings. The molecule has 0 saturated heterocycles. The Morgan fingerprint density at radius 3 is 2.28 bits per heavy atom. The maximum atomic E-state index is 6.22. The van der Waals surface area contributed by atoms with E-state index in [1.54, 1.807) is 7.11 Å². The lowest BCUT2D eigenvalue weighted by Gasteiger charge is -2.36. The number of rotatable bonds is 10. The molecular formula is C14H26Cl2O2. The second kappa shape index (κ2) is 9.41. The van der Waals surface area contributed by atoms with Gasteiger partial charge in [0.1, 0.15) is 0 Å². The predicted molar refractivity (Wildman–Crippen MR) is 77.8 cm³/mol. The molecule has 1 aliphatic rings. The summed E-state index contributed by atoms with van der Waals surface area (Å²) < 4.78 is 10.5. The zero-order chi connectivity index (χ0) is 13.3. The Balaban J connectivity index is 2.28. The highest BCUT2D eigenvalue weighted by atomic mass is 35.5. The Kier molecular flexibility index (Phi) is 8.66. The van der Waals surface area contributed by atoms with Crippen LogP contribution in [0.4, 0.5) is 0 Å². The van der Waals surface area contributed by atoms with Gasteiger partial charge in [-0.2, -0.15) is 0 Å². The standard InChI is InChI=1S/C14H26Cl2O2/c1-17-9-10-18-8-4-7-14(11-15,12-16)13-5-2-3-6-13/h13H,2-12H2,1H3. The first kappa shape index (κ1) is 16.6. The summed E-state index contributed by atoms with van der Waals surface area (Å²) in [7, 11) is 1.69. The first-order chi connectivity index (χ1) is 8.79. The summed E-state index contributed by atoms with van der Waals surface area (Å²) in [6.45, 7) is 2.12. The summed E-state index contributed by atoms with van der Waals surface area (Å²) in [5.41, 5.74) is 0.129. The van der Waals surface area contributed by atoms with Crippen molar-refractivity contribution in [1.82, 2.24) is 0 Å². The van der Waals surface area contributed by atoms with E-state index < -0.39 is 0 Å². The van der Waals surface area contributed by atoms with Gasteiger partial charge in [0.2, 0.25) is 0 Å². The van der Waals surface area contributed by atoms with Gasteiger partial charge in [-0.15, -0.1) is 23.2 Å². The van der Waals surface area contributed by atoms with Crippen molar-refractivity contribution in [2.45, 2.75) is 38.5 Å². The number of halogens is 2. The molecule has 0 N–H and O–H groups in total. The van der Waals surface area contributed by atoms with E-state index >= 15 is 0 Å². The zero-order valence-electron chi connectivity index (χ0n) is 11.4. The maximum absolute atomic E-state index is 6.22. The molecule has 1 aliphatic carbocycles. The molecular weight excluding hydrogens is 271 g/mol. The maximum Gasteiger partial charge on any atom is 0.0700 e. The molecule has 0 heterocycles. The largest absolute Gasteiger partial charge is 0.382 e. The van der Waals surface area contributed by atoms with Gasteiger partial charge in [-0.1, -0.05) is 12.8 Å². The van der Waals surface area contributed by atoms with E-state index in [0.29, 0.717) is 30.9 Å². The van der Waals surface area contributed by atoms with E-state index in [2.05, 4.69) is 0 Å². The fourth-order valence-electron chi connectivity index (χ4n) is 2.90. The third-order valence-electron chi connectivity index (χ3n) is 4.15. The van der Waals surface area contributed by atoms with Crippen molar-refractivity contribution in [3.05, 3.63) is 0 Å². The smallest absolute Gasteiger partial charge is 0.0700 e. The average Bonchev–Trinajstić information content (AvgIpc) is 2.93. The third kappa shape index (κ3) is 4.88. The highest BCUT2D eigenvalue weighted by Gasteiger charge is 2.38. The van der Waals surface area contributed by atoms with Crippen molar-refractivity contribution in [2.24, 2.45) is 11.3 Å². The molecule has 18 heavy (non-hydrogen) atoms. The van der Waals surface area contributed by atoms with Crippen LogP contribution >= 0.6 is 23.2 Å². The van der Waals surface area contributed by atoms with Gasteiger partial charge in [0.15, 0.2) is 0 Å². The van der Waals surface area contributed by atoms with Crippen LogP contribution < -0.4 is 0 Å². The normalized spacial score (nSPS) is 17.5. The summed E-state index contributed by atoms with van der Waals surface area (Å²) in [5, 5.41) is 0. The van der Waals surface area contributed by atoms with Crippen LogP contribution in [0.1, 0.15) is 38.5 Å². The molecule has 1 rings (SSSR count). The van der Waals surface area contributed by atoms with Gasteiger partial charge in [-0.05, 0) is 31.6 Å². The van der Waals surface area contributed by atoms with Crippen molar-refractivity contribution in [2.75, 3.05) is 38.7 Å². The predicted octanol–water partition coefficient (Wildman–Crippen LogP) is 4.08. The number of methoxy groups -OCH3 is 1. The highest BCUT2D eigenvalue weighted by molar-refractivity contribution is 6.21. The zero-order valence-corrected chi connectivity index (χ0v) is 12.9. The van der Waals surface area contributed by atoms with Crippen molar-refractivity contribution >= 4 is 23.2 Å². The van der Waals surface area contributed by atoms with E-state index in [1.807, 2.05) is 0 Å². The van der Waals surface area contributed by atoms with Crippen LogP contribution in [-0.4, -0.2) is 38.7 Å². The van der Waals surface area contributed by atoms with Crippen LogP contribution in [-0.2, 0) is 9.47 Å². The molecule has 0 radical (unpaired) electrons. The molecule has 1 saturated carbocycles. The Hall–Kier alpha value is 0.500. The quantitative estimate of drug-likeness (QED) is 0.447. The number of ether oxygens (including phenoxy) is 2. The summed E-state index contributed by atoms with van der Waals surface area (Å²) in [6.07, 6.45) is 7.39. The Morgan fingerprint density at radius 2 is 1.72 bits per heavy atom. The van der Waals surface area contributed by atoms with Gasteiger partial charge >= 0.3 is 0 Å². The van der Waals surface area contributed by atoms with Gasteiger partial charge in [-0.3, -0.25) is 0 Å². The van der Waals surface area contributed by atoms with Crippen LogP contribution in [0.2, 0.25) is 0 Å². The van der Waals surface area contributed by atoms with Crippen LogP contribution in [0, 0.1) is 11.3 Å². The van der Waals surface area contributed by atoms with Crippen molar-refractivity contribution < 1.29 is 9.47 Å². The molecule has 0 spiro atoms.